The first-order valence-electron chi connectivity index (χ1n) is 6.74. The van der Waals surface area contributed by atoms with E-state index in [9.17, 15) is 0 Å². The van der Waals surface area contributed by atoms with E-state index in [1.165, 1.54) is 0 Å². The van der Waals surface area contributed by atoms with Crippen LogP contribution < -0.4 is 11.5 Å². The predicted molar refractivity (Wildman–Crippen MR) is 92.8 cm³/mol. The third kappa shape index (κ3) is 3.12. The normalized spacial score (nSPS) is 11.2. The van der Waals surface area contributed by atoms with E-state index in [1.807, 2.05) is 6.07 Å². The van der Waals surface area contributed by atoms with E-state index in [2.05, 4.69) is 15.2 Å². The Kier molecular flexibility index (Phi) is 3.91. The SMILES string of the molecule is N=C(N)c1ccc(/N=N/c2c(N)ncc3ccc(Cl)cc23)cc1. The number of halogens is 1. The van der Waals surface area contributed by atoms with E-state index in [-0.39, 0.29) is 11.7 Å². The van der Waals surface area contributed by atoms with Crippen LogP contribution in [0.15, 0.2) is 58.9 Å². The van der Waals surface area contributed by atoms with Crippen LogP contribution in [0.3, 0.4) is 0 Å². The van der Waals surface area contributed by atoms with Crippen LogP contribution in [0.2, 0.25) is 5.02 Å². The Balaban J connectivity index is 2.01. The molecule has 23 heavy (non-hydrogen) atoms. The first kappa shape index (κ1) is 14.9. The summed E-state index contributed by atoms with van der Waals surface area (Å²) in [5.41, 5.74) is 13.0. The van der Waals surface area contributed by atoms with Gasteiger partial charge in [-0.1, -0.05) is 17.7 Å². The average molecular weight is 325 g/mol. The van der Waals surface area contributed by atoms with Crippen LogP contribution in [0.4, 0.5) is 17.2 Å². The maximum atomic E-state index is 7.37. The summed E-state index contributed by atoms with van der Waals surface area (Å²) in [5, 5.41) is 18.0. The molecule has 0 unspecified atom stereocenters. The fourth-order valence-corrected chi connectivity index (χ4v) is 2.28. The lowest BCUT2D eigenvalue weighted by Gasteiger charge is -2.04. The first-order chi connectivity index (χ1) is 11.0. The van der Waals surface area contributed by atoms with Gasteiger partial charge in [0, 0.05) is 27.6 Å². The number of nitrogens with zero attached hydrogens (tertiary/aromatic N) is 3. The van der Waals surface area contributed by atoms with Gasteiger partial charge in [0.05, 0.1) is 5.69 Å². The molecule has 0 fully saturated rings. The third-order valence-corrected chi connectivity index (χ3v) is 3.53. The summed E-state index contributed by atoms with van der Waals surface area (Å²) < 4.78 is 0. The molecule has 0 amide bonds. The van der Waals surface area contributed by atoms with Crippen molar-refractivity contribution in [1.82, 2.24) is 4.98 Å². The van der Waals surface area contributed by atoms with E-state index in [4.69, 9.17) is 28.5 Å². The number of nitrogens with two attached hydrogens (primary N) is 2. The van der Waals surface area contributed by atoms with E-state index in [0.29, 0.717) is 22.0 Å². The van der Waals surface area contributed by atoms with Crippen molar-refractivity contribution in [2.24, 2.45) is 16.0 Å². The van der Waals surface area contributed by atoms with Gasteiger partial charge in [-0.3, -0.25) is 5.41 Å². The predicted octanol–water partition coefficient (Wildman–Crippen LogP) is 4.17. The number of aromatic nitrogens is 1. The smallest absolute Gasteiger partial charge is 0.151 e. The van der Waals surface area contributed by atoms with Gasteiger partial charge in [0.15, 0.2) is 5.82 Å². The zero-order valence-corrected chi connectivity index (χ0v) is 12.7. The molecule has 0 saturated carbocycles. The van der Waals surface area contributed by atoms with Crippen LogP contribution in [0, 0.1) is 5.41 Å². The zero-order valence-electron chi connectivity index (χ0n) is 12.0. The Hall–Kier alpha value is -2.99. The van der Waals surface area contributed by atoms with Crippen molar-refractivity contribution in [3.8, 4) is 0 Å². The molecule has 3 rings (SSSR count). The minimum atomic E-state index is 0.00521. The Morgan fingerprint density at radius 2 is 1.83 bits per heavy atom. The molecule has 0 aliphatic heterocycles. The summed E-state index contributed by atoms with van der Waals surface area (Å²) in [4.78, 5) is 4.12. The van der Waals surface area contributed by atoms with Crippen molar-refractivity contribution in [2.45, 2.75) is 0 Å². The second kappa shape index (κ2) is 6.02. The molecule has 0 aliphatic carbocycles. The number of hydrogen-bond acceptors (Lipinski definition) is 5. The molecule has 2 aromatic carbocycles. The van der Waals surface area contributed by atoms with Crippen molar-refractivity contribution in [1.29, 1.82) is 5.41 Å². The van der Waals surface area contributed by atoms with Crippen LogP contribution >= 0.6 is 11.6 Å². The molecule has 0 radical (unpaired) electrons. The maximum Gasteiger partial charge on any atom is 0.151 e. The summed E-state index contributed by atoms with van der Waals surface area (Å²) in [5.74, 6) is 0.287. The second-order valence-corrected chi connectivity index (χ2v) is 5.32. The number of rotatable bonds is 3. The van der Waals surface area contributed by atoms with Gasteiger partial charge in [0.2, 0.25) is 0 Å². The summed E-state index contributed by atoms with van der Waals surface area (Å²) in [6.45, 7) is 0. The monoisotopic (exact) mass is 324 g/mol. The molecule has 3 aromatic rings. The van der Waals surface area contributed by atoms with Crippen molar-refractivity contribution < 1.29 is 0 Å². The minimum Gasteiger partial charge on any atom is -0.384 e. The van der Waals surface area contributed by atoms with Crippen LogP contribution in [0.5, 0.6) is 0 Å². The molecule has 0 spiro atoms. The van der Waals surface area contributed by atoms with Gasteiger partial charge in [-0.25, -0.2) is 4.98 Å². The standard InChI is InChI=1S/C16H13ClN6/c17-11-4-1-10-8-21-16(20)14(13(10)7-11)23-22-12-5-2-9(3-6-12)15(18)19/h1-8H,(H3,18,19)(H2,20,21)/b23-22+. The number of amidine groups is 1. The van der Waals surface area contributed by atoms with E-state index < -0.39 is 0 Å². The highest BCUT2D eigenvalue weighted by atomic mass is 35.5. The second-order valence-electron chi connectivity index (χ2n) is 4.88. The summed E-state index contributed by atoms with van der Waals surface area (Å²) in [7, 11) is 0. The molecular formula is C16H13ClN6. The van der Waals surface area contributed by atoms with Gasteiger partial charge in [-0.05, 0) is 36.4 Å². The van der Waals surface area contributed by atoms with Gasteiger partial charge >= 0.3 is 0 Å². The summed E-state index contributed by atoms with van der Waals surface area (Å²) >= 11 is 6.04. The number of hydrogen-bond donors (Lipinski definition) is 3. The van der Waals surface area contributed by atoms with Crippen molar-refractivity contribution >= 4 is 45.4 Å². The molecule has 5 N–H and O–H groups in total. The first-order valence-corrected chi connectivity index (χ1v) is 7.12. The molecule has 0 atom stereocenters. The highest BCUT2D eigenvalue weighted by Gasteiger charge is 2.07. The van der Waals surface area contributed by atoms with Crippen molar-refractivity contribution in [2.75, 3.05) is 5.73 Å². The quantitative estimate of drug-likeness (QED) is 0.381. The highest BCUT2D eigenvalue weighted by molar-refractivity contribution is 6.31. The van der Waals surface area contributed by atoms with Crippen LogP contribution in [0.25, 0.3) is 10.8 Å². The molecule has 0 saturated heterocycles. The Bertz CT molecular complexity index is 913. The topological polar surface area (TPSA) is 114 Å². The van der Waals surface area contributed by atoms with Gasteiger partial charge in [-0.15, -0.1) is 5.11 Å². The Labute approximate surface area is 137 Å². The van der Waals surface area contributed by atoms with E-state index in [1.54, 1.807) is 42.6 Å². The van der Waals surface area contributed by atoms with Gasteiger partial charge in [-0.2, -0.15) is 5.11 Å². The van der Waals surface area contributed by atoms with Crippen LogP contribution in [-0.2, 0) is 0 Å². The molecule has 0 aliphatic rings. The lowest BCUT2D eigenvalue weighted by molar-refractivity contribution is 1.22. The molecule has 7 heteroatoms. The highest BCUT2D eigenvalue weighted by Crippen LogP contribution is 2.33. The van der Waals surface area contributed by atoms with E-state index in [0.717, 1.165) is 10.8 Å². The fourth-order valence-electron chi connectivity index (χ4n) is 2.10. The molecule has 0 bridgehead atoms. The van der Waals surface area contributed by atoms with Crippen molar-refractivity contribution in [3.05, 3.63) is 59.2 Å². The molecule has 6 nitrogen and oxygen atoms in total. The summed E-state index contributed by atoms with van der Waals surface area (Å²) in [6.07, 6.45) is 1.67. The molecule has 114 valence electrons. The third-order valence-electron chi connectivity index (χ3n) is 3.30. The lowest BCUT2D eigenvalue weighted by Crippen LogP contribution is -2.10. The Morgan fingerprint density at radius 1 is 1.09 bits per heavy atom. The van der Waals surface area contributed by atoms with Crippen molar-refractivity contribution in [3.63, 3.8) is 0 Å². The van der Waals surface area contributed by atoms with Gasteiger partial charge in [0.1, 0.15) is 11.5 Å². The van der Waals surface area contributed by atoms with Gasteiger partial charge < -0.3 is 11.5 Å². The number of pyridine rings is 1. The maximum absolute atomic E-state index is 7.37. The average Bonchev–Trinajstić information content (AvgIpc) is 2.54. The Morgan fingerprint density at radius 3 is 2.52 bits per heavy atom. The van der Waals surface area contributed by atoms with Gasteiger partial charge in [0.25, 0.3) is 0 Å². The number of nitrogen functional groups attached to an aromatic ring is 2. The van der Waals surface area contributed by atoms with E-state index >= 15 is 0 Å². The fraction of sp³-hybridized carbons (Fsp3) is 0. The summed E-state index contributed by atoms with van der Waals surface area (Å²) in [6, 6.07) is 12.3. The number of fused-ring (bicyclic) bond motifs is 1. The largest absolute Gasteiger partial charge is 0.384 e. The number of nitrogens with one attached hydrogen (secondary N) is 1. The number of azo groups is 1. The molecule has 1 aromatic heterocycles. The molecular weight excluding hydrogens is 312 g/mol. The number of anilines is 1. The minimum absolute atomic E-state index is 0.00521. The lowest BCUT2D eigenvalue weighted by atomic mass is 10.1. The number of benzene rings is 2. The van der Waals surface area contributed by atoms with Crippen LogP contribution in [-0.4, -0.2) is 10.8 Å². The zero-order chi connectivity index (χ0) is 16.4. The van der Waals surface area contributed by atoms with Crippen LogP contribution in [0.1, 0.15) is 5.56 Å². The molecule has 1 heterocycles.